The molecule has 0 aliphatic heterocycles. The Labute approximate surface area is 139 Å². The molecule has 21 heavy (non-hydrogen) atoms. The Kier molecular flexibility index (Phi) is 4.86. The van der Waals surface area contributed by atoms with Gasteiger partial charge in [0.05, 0.1) is 4.47 Å². The van der Waals surface area contributed by atoms with Crippen molar-refractivity contribution in [2.75, 3.05) is 0 Å². The van der Waals surface area contributed by atoms with Crippen molar-refractivity contribution >= 4 is 28.1 Å². The Hall–Kier alpha value is -1.00. The molecular formula is C17H19BrN2S. The van der Waals surface area contributed by atoms with Gasteiger partial charge in [-0.1, -0.05) is 55.4 Å². The number of halogens is 1. The molecule has 1 aromatic heterocycles. The number of nitrogens with zero attached hydrogens (tertiary/aromatic N) is 1. The van der Waals surface area contributed by atoms with Crippen LogP contribution in [0.5, 0.6) is 0 Å². The normalized spacial score (nSPS) is 15.5. The third kappa shape index (κ3) is 3.61. The van der Waals surface area contributed by atoms with E-state index in [-0.39, 0.29) is 0 Å². The van der Waals surface area contributed by atoms with Crippen molar-refractivity contribution in [1.82, 2.24) is 9.97 Å². The minimum Gasteiger partial charge on any atom is -0.346 e. The average molecular weight is 363 g/mol. The van der Waals surface area contributed by atoms with Crippen LogP contribution in [0.15, 0.2) is 34.8 Å². The summed E-state index contributed by atoms with van der Waals surface area (Å²) in [5.41, 5.74) is 2.60. The molecule has 1 saturated carbocycles. The Morgan fingerprint density at radius 3 is 2.57 bits per heavy atom. The summed E-state index contributed by atoms with van der Waals surface area (Å²) in [6.45, 7) is 0. The number of nitrogens with one attached hydrogen (secondary N) is 1. The maximum atomic E-state index is 5.42. The molecule has 1 aliphatic rings. The topological polar surface area (TPSA) is 28.7 Å². The summed E-state index contributed by atoms with van der Waals surface area (Å²) in [4.78, 5) is 8.07. The molecule has 2 aromatic rings. The van der Waals surface area contributed by atoms with Crippen LogP contribution in [0.1, 0.15) is 48.7 Å². The first-order chi connectivity index (χ1) is 10.2. The highest BCUT2D eigenvalue weighted by Gasteiger charge is 2.21. The van der Waals surface area contributed by atoms with Gasteiger partial charge in [0.25, 0.3) is 0 Å². The largest absolute Gasteiger partial charge is 0.346 e. The van der Waals surface area contributed by atoms with E-state index in [1.807, 2.05) is 6.07 Å². The second-order valence-electron chi connectivity index (χ2n) is 5.68. The molecule has 2 nitrogen and oxygen atoms in total. The molecular weight excluding hydrogens is 344 g/mol. The van der Waals surface area contributed by atoms with Crippen LogP contribution in [0, 0.1) is 4.64 Å². The minimum absolute atomic E-state index is 0.611. The summed E-state index contributed by atoms with van der Waals surface area (Å²) in [7, 11) is 0. The Balaban J connectivity index is 1.80. The Morgan fingerprint density at radius 1 is 1.14 bits per heavy atom. The molecule has 0 saturated heterocycles. The fraction of sp³-hybridized carbons (Fsp3) is 0.412. The van der Waals surface area contributed by atoms with Crippen LogP contribution in [0.25, 0.3) is 0 Å². The van der Waals surface area contributed by atoms with Crippen LogP contribution in [0.4, 0.5) is 0 Å². The molecule has 1 aliphatic carbocycles. The Morgan fingerprint density at radius 2 is 1.86 bits per heavy atom. The molecule has 3 rings (SSSR count). The number of hydrogen-bond donors (Lipinski definition) is 1. The van der Waals surface area contributed by atoms with Crippen molar-refractivity contribution in [3.05, 3.63) is 56.5 Å². The summed E-state index contributed by atoms with van der Waals surface area (Å²) in [5, 5.41) is 0. The summed E-state index contributed by atoms with van der Waals surface area (Å²) in [5.74, 6) is 1.62. The lowest BCUT2D eigenvalue weighted by Crippen LogP contribution is -2.06. The maximum Gasteiger partial charge on any atom is 0.144 e. The number of aromatic amines is 1. The van der Waals surface area contributed by atoms with E-state index >= 15 is 0 Å². The van der Waals surface area contributed by atoms with Gasteiger partial charge in [0, 0.05) is 18.0 Å². The van der Waals surface area contributed by atoms with Gasteiger partial charge in [-0.25, -0.2) is 4.98 Å². The minimum atomic E-state index is 0.611. The summed E-state index contributed by atoms with van der Waals surface area (Å²) in [6, 6.07) is 10.5. The van der Waals surface area contributed by atoms with Gasteiger partial charge in [0.1, 0.15) is 10.5 Å². The van der Waals surface area contributed by atoms with Crippen molar-refractivity contribution in [2.45, 2.75) is 44.4 Å². The highest BCUT2D eigenvalue weighted by Crippen LogP contribution is 2.36. The van der Waals surface area contributed by atoms with Crippen LogP contribution in [-0.4, -0.2) is 9.97 Å². The standard InChI is InChI=1S/C17H19BrN2S/c18-15-16(13-8-4-5-9-13)19-14(20-17(15)21)11-10-12-6-2-1-3-7-12/h1-3,6-7,13H,4-5,8-11H2,(H,19,20,21). The van der Waals surface area contributed by atoms with E-state index in [0.717, 1.165) is 23.1 Å². The van der Waals surface area contributed by atoms with Gasteiger partial charge in [-0.15, -0.1) is 0 Å². The van der Waals surface area contributed by atoms with Gasteiger partial charge in [-0.3, -0.25) is 0 Å². The van der Waals surface area contributed by atoms with Crippen LogP contribution in [-0.2, 0) is 12.8 Å². The molecule has 0 atom stereocenters. The first kappa shape index (κ1) is 14.9. The van der Waals surface area contributed by atoms with Gasteiger partial charge in [0.15, 0.2) is 0 Å². The third-order valence-electron chi connectivity index (χ3n) is 4.20. The van der Waals surface area contributed by atoms with Crippen LogP contribution >= 0.6 is 28.1 Å². The third-order valence-corrected chi connectivity index (χ3v) is 5.56. The SMILES string of the molecule is S=c1nc(CCc2ccccc2)[nH]c(C2CCCC2)c1Br. The second kappa shape index (κ2) is 6.84. The number of aromatic nitrogens is 2. The van der Waals surface area contributed by atoms with E-state index in [2.05, 4.69) is 50.2 Å². The van der Waals surface area contributed by atoms with Crippen LogP contribution in [0.2, 0.25) is 0 Å². The number of rotatable bonds is 4. The highest BCUT2D eigenvalue weighted by molar-refractivity contribution is 9.10. The maximum absolute atomic E-state index is 5.42. The van der Waals surface area contributed by atoms with E-state index in [0.29, 0.717) is 10.6 Å². The van der Waals surface area contributed by atoms with E-state index < -0.39 is 0 Å². The second-order valence-corrected chi connectivity index (χ2v) is 6.86. The van der Waals surface area contributed by atoms with Gasteiger partial charge in [-0.2, -0.15) is 0 Å². The van der Waals surface area contributed by atoms with Crippen molar-refractivity contribution < 1.29 is 0 Å². The zero-order valence-corrected chi connectivity index (χ0v) is 14.3. The number of aryl methyl sites for hydroxylation is 2. The molecule has 0 radical (unpaired) electrons. The molecule has 1 N–H and O–H groups in total. The van der Waals surface area contributed by atoms with Crippen molar-refractivity contribution in [2.24, 2.45) is 0 Å². The van der Waals surface area contributed by atoms with Crippen molar-refractivity contribution in [3.8, 4) is 0 Å². The lowest BCUT2D eigenvalue weighted by atomic mass is 10.0. The van der Waals surface area contributed by atoms with E-state index in [1.165, 1.54) is 36.9 Å². The first-order valence-corrected chi connectivity index (χ1v) is 8.76. The van der Waals surface area contributed by atoms with E-state index in [9.17, 15) is 0 Å². The average Bonchev–Trinajstić information content (AvgIpc) is 3.03. The fourth-order valence-corrected chi connectivity index (χ4v) is 3.78. The van der Waals surface area contributed by atoms with E-state index in [1.54, 1.807) is 0 Å². The summed E-state index contributed by atoms with van der Waals surface area (Å²) < 4.78 is 1.69. The zero-order valence-electron chi connectivity index (χ0n) is 11.9. The number of hydrogen-bond acceptors (Lipinski definition) is 2. The zero-order chi connectivity index (χ0) is 14.7. The summed E-state index contributed by atoms with van der Waals surface area (Å²) in [6.07, 6.45) is 7.04. The predicted octanol–water partition coefficient (Wildman–Crippen LogP) is 5.34. The fourth-order valence-electron chi connectivity index (χ4n) is 3.05. The lowest BCUT2D eigenvalue weighted by Gasteiger charge is -2.14. The van der Waals surface area contributed by atoms with Gasteiger partial charge in [0.2, 0.25) is 0 Å². The number of benzene rings is 1. The van der Waals surface area contributed by atoms with E-state index in [4.69, 9.17) is 12.2 Å². The molecule has 4 heteroatoms. The monoisotopic (exact) mass is 362 g/mol. The van der Waals surface area contributed by atoms with Gasteiger partial charge in [-0.05, 0) is 40.8 Å². The lowest BCUT2D eigenvalue weighted by molar-refractivity contribution is 0.674. The Bertz CT molecular complexity index is 660. The van der Waals surface area contributed by atoms with Gasteiger partial charge < -0.3 is 4.98 Å². The molecule has 0 unspecified atom stereocenters. The summed E-state index contributed by atoms with van der Waals surface area (Å²) >= 11 is 9.04. The van der Waals surface area contributed by atoms with Crippen LogP contribution in [0.3, 0.4) is 0 Å². The highest BCUT2D eigenvalue weighted by atomic mass is 79.9. The molecule has 0 spiro atoms. The van der Waals surface area contributed by atoms with Crippen LogP contribution < -0.4 is 0 Å². The van der Waals surface area contributed by atoms with Crippen molar-refractivity contribution in [1.29, 1.82) is 0 Å². The smallest absolute Gasteiger partial charge is 0.144 e. The van der Waals surface area contributed by atoms with Gasteiger partial charge >= 0.3 is 0 Å². The predicted molar refractivity (Wildman–Crippen MR) is 92.2 cm³/mol. The molecule has 1 fully saturated rings. The molecule has 0 amide bonds. The molecule has 1 aromatic carbocycles. The molecule has 1 heterocycles. The molecule has 0 bridgehead atoms. The quantitative estimate of drug-likeness (QED) is 0.743. The number of H-pyrrole nitrogens is 1. The molecule has 110 valence electrons. The van der Waals surface area contributed by atoms with Crippen molar-refractivity contribution in [3.63, 3.8) is 0 Å². The first-order valence-electron chi connectivity index (χ1n) is 7.56.